The van der Waals surface area contributed by atoms with Gasteiger partial charge in [-0.3, -0.25) is 0 Å². The van der Waals surface area contributed by atoms with E-state index in [2.05, 4.69) is 13.0 Å². The lowest BCUT2D eigenvalue weighted by Gasteiger charge is -2.07. The molecule has 6 N–H and O–H groups in total. The molecule has 108 valence electrons. The molecule has 0 aliphatic carbocycles. The highest BCUT2D eigenvalue weighted by Gasteiger charge is 2.04. The van der Waals surface area contributed by atoms with Gasteiger partial charge in [-0.2, -0.15) is 0 Å². The molecule has 0 bridgehead atoms. The van der Waals surface area contributed by atoms with Crippen molar-refractivity contribution in [1.82, 2.24) is 0 Å². The van der Waals surface area contributed by atoms with Crippen LogP contribution < -0.4 is 11.5 Å². The zero-order chi connectivity index (χ0) is 15.1. The monoisotopic (exact) mass is 274 g/mol. The van der Waals surface area contributed by atoms with Crippen LogP contribution in [0.1, 0.15) is 25.0 Å². The molecule has 0 aromatic heterocycles. The van der Waals surface area contributed by atoms with E-state index in [0.29, 0.717) is 11.4 Å². The van der Waals surface area contributed by atoms with E-state index in [9.17, 15) is 5.11 Å². The lowest BCUT2D eigenvalue weighted by Crippen LogP contribution is -1.95. The van der Waals surface area contributed by atoms with Crippen molar-refractivity contribution < 1.29 is 10.2 Å². The first-order valence-corrected chi connectivity index (χ1v) is 6.63. The van der Waals surface area contributed by atoms with Crippen LogP contribution in [0.25, 0.3) is 0 Å². The molecule has 20 heavy (non-hydrogen) atoms. The van der Waals surface area contributed by atoms with Gasteiger partial charge in [0.15, 0.2) is 0 Å². The van der Waals surface area contributed by atoms with Gasteiger partial charge >= 0.3 is 0 Å². The Labute approximate surface area is 119 Å². The Balaban J connectivity index is 0.000000217. The fourth-order valence-electron chi connectivity index (χ4n) is 1.75. The molecule has 4 nitrogen and oxygen atoms in total. The number of aryl methyl sites for hydroxylation is 2. The lowest BCUT2D eigenvalue weighted by atomic mass is 10.0. The van der Waals surface area contributed by atoms with Crippen LogP contribution in [0.4, 0.5) is 11.4 Å². The summed E-state index contributed by atoms with van der Waals surface area (Å²) in [5.74, 6) is 0.360. The SMILES string of the molecule is CCc1cc(O)c(N)c(CC)c1.Nc1ccccc1O. The Morgan fingerprint density at radius 3 is 2.00 bits per heavy atom. The molecule has 2 aromatic rings. The normalized spacial score (nSPS) is 9.70. The van der Waals surface area contributed by atoms with E-state index in [1.165, 1.54) is 0 Å². The van der Waals surface area contributed by atoms with E-state index in [0.717, 1.165) is 24.0 Å². The van der Waals surface area contributed by atoms with Crippen LogP contribution in [0.5, 0.6) is 11.5 Å². The van der Waals surface area contributed by atoms with Crippen molar-refractivity contribution in [3.8, 4) is 11.5 Å². The van der Waals surface area contributed by atoms with E-state index in [-0.39, 0.29) is 11.5 Å². The molecular weight excluding hydrogens is 252 g/mol. The summed E-state index contributed by atoms with van der Waals surface area (Å²) in [5, 5.41) is 18.2. The average molecular weight is 274 g/mol. The molecule has 2 aromatic carbocycles. The van der Waals surface area contributed by atoms with E-state index in [1.807, 2.05) is 6.92 Å². The Morgan fingerprint density at radius 2 is 1.55 bits per heavy atom. The molecule has 4 heteroatoms. The quantitative estimate of drug-likeness (QED) is 0.500. The molecular formula is C16H22N2O2. The third-order valence-corrected chi connectivity index (χ3v) is 3.03. The minimum atomic E-state index is 0.146. The molecule has 0 heterocycles. The van der Waals surface area contributed by atoms with Gasteiger partial charge in [0.2, 0.25) is 0 Å². The van der Waals surface area contributed by atoms with Gasteiger partial charge in [-0.05, 0) is 42.2 Å². The van der Waals surface area contributed by atoms with Crippen LogP contribution in [0.2, 0.25) is 0 Å². The topological polar surface area (TPSA) is 92.5 Å². The van der Waals surface area contributed by atoms with Gasteiger partial charge in [-0.1, -0.05) is 32.0 Å². The van der Waals surface area contributed by atoms with Gasteiger partial charge in [0.25, 0.3) is 0 Å². The molecule has 0 spiro atoms. The van der Waals surface area contributed by atoms with Gasteiger partial charge in [0.1, 0.15) is 11.5 Å². The van der Waals surface area contributed by atoms with Crippen molar-refractivity contribution >= 4 is 11.4 Å². The van der Waals surface area contributed by atoms with Gasteiger partial charge < -0.3 is 21.7 Å². The summed E-state index contributed by atoms with van der Waals surface area (Å²) in [7, 11) is 0. The molecule has 0 fully saturated rings. The number of para-hydroxylation sites is 2. The summed E-state index contributed by atoms with van der Waals surface area (Å²) in [5.41, 5.74) is 14.1. The Hall–Kier alpha value is -2.36. The number of benzene rings is 2. The average Bonchev–Trinajstić information content (AvgIpc) is 2.45. The van der Waals surface area contributed by atoms with Gasteiger partial charge in [0.05, 0.1) is 11.4 Å². The van der Waals surface area contributed by atoms with Crippen LogP contribution in [-0.4, -0.2) is 10.2 Å². The summed E-state index contributed by atoms with van der Waals surface area (Å²) >= 11 is 0. The minimum Gasteiger partial charge on any atom is -0.506 e. The largest absolute Gasteiger partial charge is 0.506 e. The standard InChI is InChI=1S/C10H15NO.C6H7NO/c1-3-7-5-8(4-2)10(11)9(12)6-7;7-5-3-1-2-4-6(5)8/h5-6,12H,3-4,11H2,1-2H3;1-4,8H,7H2. The minimum absolute atomic E-state index is 0.146. The van der Waals surface area contributed by atoms with E-state index in [4.69, 9.17) is 16.6 Å². The Morgan fingerprint density at radius 1 is 0.900 bits per heavy atom. The number of hydrogen-bond acceptors (Lipinski definition) is 4. The van der Waals surface area contributed by atoms with Crippen LogP contribution in [-0.2, 0) is 12.8 Å². The molecule has 0 radical (unpaired) electrons. The summed E-state index contributed by atoms with van der Waals surface area (Å²) in [6, 6.07) is 10.5. The highest BCUT2D eigenvalue weighted by Crippen LogP contribution is 2.26. The van der Waals surface area contributed by atoms with Crippen molar-refractivity contribution in [1.29, 1.82) is 0 Å². The molecule has 0 saturated heterocycles. The molecule has 0 atom stereocenters. The predicted molar refractivity (Wildman–Crippen MR) is 83.8 cm³/mol. The van der Waals surface area contributed by atoms with Gasteiger partial charge in [0, 0.05) is 0 Å². The molecule has 0 saturated carbocycles. The second-order valence-corrected chi connectivity index (χ2v) is 4.45. The summed E-state index contributed by atoms with van der Waals surface area (Å²) in [4.78, 5) is 0. The molecule has 0 aliphatic heterocycles. The zero-order valence-electron chi connectivity index (χ0n) is 11.9. The van der Waals surface area contributed by atoms with E-state index in [1.54, 1.807) is 30.3 Å². The van der Waals surface area contributed by atoms with Gasteiger partial charge in [-0.25, -0.2) is 0 Å². The summed E-state index contributed by atoms with van der Waals surface area (Å²) in [6.07, 6.45) is 1.80. The lowest BCUT2D eigenvalue weighted by molar-refractivity contribution is 0.476. The van der Waals surface area contributed by atoms with Crippen molar-refractivity contribution in [2.75, 3.05) is 11.5 Å². The number of aromatic hydroxyl groups is 2. The van der Waals surface area contributed by atoms with Crippen molar-refractivity contribution in [3.63, 3.8) is 0 Å². The second-order valence-electron chi connectivity index (χ2n) is 4.45. The summed E-state index contributed by atoms with van der Waals surface area (Å²) in [6.45, 7) is 4.09. The third kappa shape index (κ3) is 4.09. The smallest absolute Gasteiger partial charge is 0.139 e. The Kier molecular flexibility index (Phi) is 5.72. The first kappa shape index (κ1) is 15.7. The molecule has 0 aliphatic rings. The van der Waals surface area contributed by atoms with Crippen molar-refractivity contribution in [3.05, 3.63) is 47.5 Å². The highest BCUT2D eigenvalue weighted by atomic mass is 16.3. The number of anilines is 2. The van der Waals surface area contributed by atoms with Crippen LogP contribution in [0.3, 0.4) is 0 Å². The number of nitrogens with two attached hydrogens (primary N) is 2. The van der Waals surface area contributed by atoms with Crippen molar-refractivity contribution in [2.45, 2.75) is 26.7 Å². The summed E-state index contributed by atoms with van der Waals surface area (Å²) < 4.78 is 0. The Bertz CT molecular complexity index is 547. The fraction of sp³-hybridized carbons (Fsp3) is 0.250. The number of rotatable bonds is 2. The molecule has 2 rings (SSSR count). The van der Waals surface area contributed by atoms with Crippen LogP contribution in [0, 0.1) is 0 Å². The first-order chi connectivity index (χ1) is 9.49. The second kappa shape index (κ2) is 7.28. The maximum absolute atomic E-state index is 9.42. The number of nitrogen functional groups attached to an aromatic ring is 2. The number of phenolic OH excluding ortho intramolecular Hbond substituents is 2. The van der Waals surface area contributed by atoms with Crippen LogP contribution in [0.15, 0.2) is 36.4 Å². The van der Waals surface area contributed by atoms with Crippen LogP contribution >= 0.6 is 0 Å². The van der Waals surface area contributed by atoms with E-state index >= 15 is 0 Å². The zero-order valence-corrected chi connectivity index (χ0v) is 11.9. The first-order valence-electron chi connectivity index (χ1n) is 6.63. The van der Waals surface area contributed by atoms with E-state index < -0.39 is 0 Å². The maximum atomic E-state index is 9.42. The van der Waals surface area contributed by atoms with Gasteiger partial charge in [-0.15, -0.1) is 0 Å². The maximum Gasteiger partial charge on any atom is 0.139 e. The third-order valence-electron chi connectivity index (χ3n) is 3.03. The predicted octanol–water partition coefficient (Wildman–Crippen LogP) is 3.07. The molecule has 0 unspecified atom stereocenters. The van der Waals surface area contributed by atoms with Crippen molar-refractivity contribution in [2.24, 2.45) is 0 Å². The molecule has 0 amide bonds. The number of phenols is 2. The highest BCUT2D eigenvalue weighted by molar-refractivity contribution is 5.59. The number of hydrogen-bond donors (Lipinski definition) is 4. The fourth-order valence-corrected chi connectivity index (χ4v) is 1.75.